The van der Waals surface area contributed by atoms with Gasteiger partial charge < -0.3 is 15.8 Å². The van der Waals surface area contributed by atoms with Gasteiger partial charge in [-0.25, -0.2) is 13.2 Å². The topological polar surface area (TPSA) is 111 Å². The number of aromatic nitrogens is 1. The van der Waals surface area contributed by atoms with E-state index in [4.69, 9.17) is 10.5 Å². The predicted molar refractivity (Wildman–Crippen MR) is 77.8 cm³/mol. The number of rotatable bonds is 4. The first kappa shape index (κ1) is 15.0. The Morgan fingerprint density at radius 1 is 1.50 bits per heavy atom. The Morgan fingerprint density at radius 3 is 2.75 bits per heavy atom. The average Bonchev–Trinajstić information content (AvgIpc) is 2.73. The molecule has 7 nitrogen and oxygen atoms in total. The van der Waals surface area contributed by atoms with Crippen molar-refractivity contribution in [3.63, 3.8) is 0 Å². The van der Waals surface area contributed by atoms with E-state index >= 15 is 0 Å². The summed E-state index contributed by atoms with van der Waals surface area (Å²) in [6.07, 6.45) is 1.03. The van der Waals surface area contributed by atoms with E-state index < -0.39 is 15.8 Å². The van der Waals surface area contributed by atoms with Crippen molar-refractivity contribution in [1.29, 1.82) is 0 Å². The van der Waals surface area contributed by atoms with Crippen LogP contribution < -0.4 is 11.1 Å². The van der Waals surface area contributed by atoms with Crippen LogP contribution in [0.2, 0.25) is 0 Å². The number of hydrogen-bond donors (Lipinski definition) is 2. The van der Waals surface area contributed by atoms with Crippen molar-refractivity contribution in [3.8, 4) is 0 Å². The molecule has 1 aliphatic heterocycles. The van der Waals surface area contributed by atoms with Gasteiger partial charge >= 0.3 is 5.97 Å². The second-order valence-electron chi connectivity index (χ2n) is 4.56. The van der Waals surface area contributed by atoms with Crippen LogP contribution in [0, 0.1) is 0 Å². The summed E-state index contributed by atoms with van der Waals surface area (Å²) in [6, 6.07) is 0.00607. The van der Waals surface area contributed by atoms with Crippen LogP contribution in [-0.4, -0.2) is 42.9 Å². The SMILES string of the molecule is CCOC(=O)c1c(N)nsc1NC1CCS(=O)(=O)CC1. The summed E-state index contributed by atoms with van der Waals surface area (Å²) < 4.78 is 31.7. The number of nitrogens with one attached hydrogen (secondary N) is 1. The molecule has 20 heavy (non-hydrogen) atoms. The van der Waals surface area contributed by atoms with Crippen molar-refractivity contribution in [2.24, 2.45) is 0 Å². The van der Waals surface area contributed by atoms with E-state index in [1.807, 2.05) is 0 Å². The Morgan fingerprint density at radius 2 is 2.15 bits per heavy atom. The largest absolute Gasteiger partial charge is 0.462 e. The number of anilines is 2. The summed E-state index contributed by atoms with van der Waals surface area (Å²) in [4.78, 5) is 11.8. The van der Waals surface area contributed by atoms with E-state index in [0.29, 0.717) is 17.8 Å². The Hall–Kier alpha value is -1.35. The highest BCUT2D eigenvalue weighted by Crippen LogP contribution is 2.29. The van der Waals surface area contributed by atoms with E-state index in [9.17, 15) is 13.2 Å². The first-order chi connectivity index (χ1) is 9.43. The molecule has 0 bridgehead atoms. The van der Waals surface area contributed by atoms with Crippen molar-refractivity contribution in [2.75, 3.05) is 29.2 Å². The Kier molecular flexibility index (Phi) is 4.48. The van der Waals surface area contributed by atoms with Crippen molar-refractivity contribution in [1.82, 2.24) is 4.37 Å². The first-order valence-electron chi connectivity index (χ1n) is 6.32. The summed E-state index contributed by atoms with van der Waals surface area (Å²) in [6.45, 7) is 1.97. The maximum atomic E-state index is 11.8. The van der Waals surface area contributed by atoms with Gasteiger partial charge in [0.05, 0.1) is 18.1 Å². The fraction of sp³-hybridized carbons (Fsp3) is 0.636. The molecule has 0 spiro atoms. The monoisotopic (exact) mass is 319 g/mol. The normalized spacial score (nSPS) is 18.6. The number of hydrogen-bond acceptors (Lipinski definition) is 8. The van der Waals surface area contributed by atoms with Gasteiger partial charge in [0, 0.05) is 6.04 Å². The second-order valence-corrected chi connectivity index (χ2v) is 7.64. The molecular formula is C11H17N3O4S2. The minimum atomic E-state index is -2.91. The number of carbonyl (C=O) groups excluding carboxylic acids is 1. The van der Waals surface area contributed by atoms with Gasteiger partial charge in [0.1, 0.15) is 20.4 Å². The summed E-state index contributed by atoms with van der Waals surface area (Å²) in [7, 11) is -2.91. The second kappa shape index (κ2) is 5.96. The molecule has 0 aliphatic carbocycles. The maximum absolute atomic E-state index is 11.8. The third-order valence-corrected chi connectivity index (χ3v) is 5.60. The molecule has 1 aliphatic rings. The molecule has 2 rings (SSSR count). The van der Waals surface area contributed by atoms with Crippen LogP contribution in [0.5, 0.6) is 0 Å². The molecule has 0 atom stereocenters. The highest BCUT2D eigenvalue weighted by atomic mass is 32.2. The standard InChI is InChI=1S/C11H17N3O4S2/c1-2-18-11(15)8-9(12)14-19-10(8)13-7-3-5-20(16,17)6-4-7/h7,13H,2-6H2,1H3,(H2,12,14). The van der Waals surface area contributed by atoms with E-state index in [2.05, 4.69) is 9.69 Å². The van der Waals surface area contributed by atoms with Gasteiger partial charge in [0.2, 0.25) is 0 Å². The van der Waals surface area contributed by atoms with Crippen LogP contribution >= 0.6 is 11.5 Å². The van der Waals surface area contributed by atoms with Crippen molar-refractivity contribution in [2.45, 2.75) is 25.8 Å². The molecule has 2 heterocycles. The molecule has 3 N–H and O–H groups in total. The molecule has 0 aromatic carbocycles. The van der Waals surface area contributed by atoms with Gasteiger partial charge in [0.15, 0.2) is 5.82 Å². The molecule has 1 saturated heterocycles. The summed E-state index contributed by atoms with van der Waals surface area (Å²) in [5.41, 5.74) is 5.92. The molecule has 0 amide bonds. The highest BCUT2D eigenvalue weighted by molar-refractivity contribution is 7.91. The number of carbonyl (C=O) groups is 1. The number of nitrogen functional groups attached to an aromatic ring is 1. The van der Waals surface area contributed by atoms with Crippen molar-refractivity contribution in [3.05, 3.63) is 5.56 Å². The van der Waals surface area contributed by atoms with Crippen LogP contribution in [0.4, 0.5) is 10.8 Å². The lowest BCUT2D eigenvalue weighted by Crippen LogP contribution is -2.32. The molecule has 1 aromatic rings. The summed E-state index contributed by atoms with van der Waals surface area (Å²) >= 11 is 1.09. The fourth-order valence-corrected chi connectivity index (χ4v) is 4.29. The third kappa shape index (κ3) is 3.40. The fourth-order valence-electron chi connectivity index (χ4n) is 2.02. The van der Waals surface area contributed by atoms with E-state index in [-0.39, 0.29) is 35.5 Å². The molecule has 0 saturated carbocycles. The van der Waals surface area contributed by atoms with Gasteiger partial charge in [-0.1, -0.05) is 0 Å². The molecule has 0 unspecified atom stereocenters. The minimum absolute atomic E-state index is 0.00607. The van der Waals surface area contributed by atoms with E-state index in [0.717, 1.165) is 11.5 Å². The van der Waals surface area contributed by atoms with Crippen molar-refractivity contribution < 1.29 is 17.9 Å². The lowest BCUT2D eigenvalue weighted by Gasteiger charge is -2.23. The zero-order chi connectivity index (χ0) is 14.8. The van der Waals surface area contributed by atoms with Crippen LogP contribution in [0.25, 0.3) is 0 Å². The first-order valence-corrected chi connectivity index (χ1v) is 8.91. The Balaban J connectivity index is 2.09. The quantitative estimate of drug-likeness (QED) is 0.793. The minimum Gasteiger partial charge on any atom is -0.462 e. The molecule has 112 valence electrons. The molecule has 0 radical (unpaired) electrons. The van der Waals surface area contributed by atoms with Gasteiger partial charge in [-0.2, -0.15) is 4.37 Å². The smallest absolute Gasteiger partial charge is 0.344 e. The summed E-state index contributed by atoms with van der Waals surface area (Å²) in [5.74, 6) is -0.0504. The molecule has 1 aromatic heterocycles. The third-order valence-electron chi connectivity index (χ3n) is 3.09. The van der Waals surface area contributed by atoms with Crippen LogP contribution in [-0.2, 0) is 14.6 Å². The van der Waals surface area contributed by atoms with Gasteiger partial charge in [-0.3, -0.25) is 0 Å². The van der Waals surface area contributed by atoms with E-state index in [1.54, 1.807) is 6.92 Å². The number of nitrogens with two attached hydrogens (primary N) is 1. The number of sulfone groups is 1. The number of ether oxygens (including phenoxy) is 1. The molecule has 1 fully saturated rings. The average molecular weight is 319 g/mol. The Bertz CT molecular complexity index is 583. The molecule has 9 heteroatoms. The van der Waals surface area contributed by atoms with Crippen LogP contribution in [0.3, 0.4) is 0 Å². The Labute approximate surface area is 121 Å². The van der Waals surface area contributed by atoms with Gasteiger partial charge in [0.25, 0.3) is 0 Å². The number of nitrogens with zero attached hydrogens (tertiary/aromatic N) is 1. The zero-order valence-electron chi connectivity index (χ0n) is 11.1. The van der Waals surface area contributed by atoms with Crippen LogP contribution in [0.15, 0.2) is 0 Å². The highest BCUT2D eigenvalue weighted by Gasteiger charge is 2.27. The van der Waals surface area contributed by atoms with Crippen LogP contribution in [0.1, 0.15) is 30.1 Å². The lowest BCUT2D eigenvalue weighted by atomic mass is 10.1. The van der Waals surface area contributed by atoms with Crippen molar-refractivity contribution >= 4 is 38.2 Å². The summed E-state index contributed by atoms with van der Waals surface area (Å²) in [5, 5.41) is 3.70. The predicted octanol–water partition coefficient (Wildman–Crippen LogP) is 0.891. The molecular weight excluding hydrogens is 302 g/mol. The number of esters is 1. The van der Waals surface area contributed by atoms with Gasteiger partial charge in [-0.05, 0) is 31.3 Å². The van der Waals surface area contributed by atoms with Gasteiger partial charge in [-0.15, -0.1) is 0 Å². The lowest BCUT2D eigenvalue weighted by molar-refractivity contribution is 0.0529. The van der Waals surface area contributed by atoms with E-state index in [1.165, 1.54) is 0 Å². The zero-order valence-corrected chi connectivity index (χ0v) is 12.7. The maximum Gasteiger partial charge on any atom is 0.344 e.